The van der Waals surface area contributed by atoms with Crippen LogP contribution in [-0.2, 0) is 9.59 Å². The van der Waals surface area contributed by atoms with Crippen molar-refractivity contribution >= 4 is 35.0 Å². The first-order valence-corrected chi connectivity index (χ1v) is 9.17. The van der Waals surface area contributed by atoms with Crippen LogP contribution in [-0.4, -0.2) is 17.0 Å². The molecule has 0 aliphatic carbocycles. The molecule has 3 N–H and O–H groups in total. The number of thiophene rings is 1. The molecule has 2 aromatic carbocycles. The highest BCUT2D eigenvalue weighted by molar-refractivity contribution is 7.10. The second kappa shape index (κ2) is 8.82. The van der Waals surface area contributed by atoms with Gasteiger partial charge in [0.1, 0.15) is 5.92 Å². The Balaban J connectivity index is 1.92. The van der Waals surface area contributed by atoms with Gasteiger partial charge < -0.3 is 5.11 Å². The fourth-order valence-corrected chi connectivity index (χ4v) is 3.30. The highest BCUT2D eigenvalue weighted by atomic mass is 32.1. The van der Waals surface area contributed by atoms with Gasteiger partial charge in [0.2, 0.25) is 0 Å². The van der Waals surface area contributed by atoms with E-state index >= 15 is 0 Å². The van der Waals surface area contributed by atoms with Crippen molar-refractivity contribution < 1.29 is 14.7 Å². The Kier molecular flexibility index (Phi) is 6.02. The molecule has 1 unspecified atom stereocenters. The minimum atomic E-state index is -1.08. The molecule has 0 saturated heterocycles. The van der Waals surface area contributed by atoms with Gasteiger partial charge >= 0.3 is 5.97 Å². The van der Waals surface area contributed by atoms with E-state index in [1.165, 1.54) is 11.3 Å². The number of carbonyl (C=O) groups excluding carboxylic acids is 1. The van der Waals surface area contributed by atoms with Crippen molar-refractivity contribution in [3.63, 3.8) is 0 Å². The molecular formula is C21H18N2O3S. The normalized spacial score (nSPS) is 12.2. The molecule has 3 rings (SSSR count). The summed E-state index contributed by atoms with van der Waals surface area (Å²) in [6.07, 6.45) is 1.62. The van der Waals surface area contributed by atoms with E-state index in [1.807, 2.05) is 41.8 Å². The molecular weight excluding hydrogens is 360 g/mol. The number of hydrogen-bond donors (Lipinski definition) is 3. The largest absolute Gasteiger partial charge is 0.481 e. The number of carboxylic acid groups (broad SMARTS) is 1. The number of hydrogen-bond acceptors (Lipinski definition) is 4. The summed E-state index contributed by atoms with van der Waals surface area (Å²) in [5, 5.41) is 11.7. The van der Waals surface area contributed by atoms with Gasteiger partial charge in [-0.05, 0) is 35.2 Å². The maximum atomic E-state index is 12.9. The highest BCUT2D eigenvalue weighted by Gasteiger charge is 2.29. The highest BCUT2D eigenvalue weighted by Crippen LogP contribution is 2.28. The monoisotopic (exact) mass is 378 g/mol. The predicted molar refractivity (Wildman–Crippen MR) is 107 cm³/mol. The summed E-state index contributed by atoms with van der Waals surface area (Å²) < 4.78 is 0. The van der Waals surface area contributed by atoms with Gasteiger partial charge in [0.25, 0.3) is 5.91 Å². The standard InChI is InChI=1S/C21H18N2O3S/c24-20(23-22-16-10-5-2-6-11-16)18(14-17-12-7-13-27-17)19(21(25)26)15-8-3-1-4-9-15/h1-14,19,22H,(H,23,24)(H,25,26)/b18-14-. The second-order valence-corrected chi connectivity index (χ2v) is 6.72. The van der Waals surface area contributed by atoms with E-state index < -0.39 is 17.8 Å². The molecule has 0 radical (unpaired) electrons. The Morgan fingerprint density at radius 1 is 0.926 bits per heavy atom. The Labute approximate surface area is 161 Å². The quantitative estimate of drug-likeness (QED) is 0.426. The van der Waals surface area contributed by atoms with Crippen LogP contribution >= 0.6 is 11.3 Å². The topological polar surface area (TPSA) is 78.4 Å². The number of hydrazine groups is 1. The third-order valence-corrected chi connectivity index (χ3v) is 4.71. The van der Waals surface area contributed by atoms with Crippen molar-refractivity contribution in [1.29, 1.82) is 0 Å². The molecule has 5 nitrogen and oxygen atoms in total. The van der Waals surface area contributed by atoms with Crippen molar-refractivity contribution in [2.45, 2.75) is 5.92 Å². The number of rotatable bonds is 7. The van der Waals surface area contributed by atoms with Crippen LogP contribution in [0.15, 0.2) is 83.7 Å². The van der Waals surface area contributed by atoms with E-state index in [4.69, 9.17) is 0 Å². The molecule has 27 heavy (non-hydrogen) atoms. The Bertz CT molecular complexity index is 923. The third kappa shape index (κ3) is 4.83. The van der Waals surface area contributed by atoms with Crippen LogP contribution in [0, 0.1) is 0 Å². The van der Waals surface area contributed by atoms with E-state index in [0.717, 1.165) is 4.88 Å². The number of carboxylic acids is 1. The van der Waals surface area contributed by atoms with Crippen molar-refractivity contribution in [2.24, 2.45) is 0 Å². The molecule has 0 fully saturated rings. The van der Waals surface area contributed by atoms with E-state index in [9.17, 15) is 14.7 Å². The smallest absolute Gasteiger partial charge is 0.315 e. The number of carbonyl (C=O) groups is 2. The molecule has 0 saturated carbocycles. The number of aliphatic carboxylic acids is 1. The number of amides is 1. The Hall–Kier alpha value is -3.38. The van der Waals surface area contributed by atoms with Crippen molar-refractivity contribution in [1.82, 2.24) is 5.43 Å². The van der Waals surface area contributed by atoms with Crippen LogP contribution in [0.1, 0.15) is 16.4 Å². The molecule has 3 aromatic rings. The molecule has 0 aliphatic rings. The minimum Gasteiger partial charge on any atom is -0.481 e. The van der Waals surface area contributed by atoms with E-state index in [1.54, 1.807) is 42.5 Å². The molecule has 136 valence electrons. The zero-order valence-corrected chi connectivity index (χ0v) is 15.1. The van der Waals surface area contributed by atoms with Crippen molar-refractivity contribution in [2.75, 3.05) is 5.43 Å². The number of anilines is 1. The average Bonchev–Trinajstić information content (AvgIpc) is 3.20. The van der Waals surface area contributed by atoms with Crippen LogP contribution in [0.3, 0.4) is 0 Å². The zero-order chi connectivity index (χ0) is 19.1. The first-order valence-electron chi connectivity index (χ1n) is 8.29. The summed E-state index contributed by atoms with van der Waals surface area (Å²) in [6, 6.07) is 21.6. The van der Waals surface area contributed by atoms with Crippen LogP contribution in [0.5, 0.6) is 0 Å². The average molecular weight is 378 g/mol. The lowest BCUT2D eigenvalue weighted by atomic mass is 9.90. The zero-order valence-electron chi connectivity index (χ0n) is 14.3. The number of para-hydroxylation sites is 1. The molecule has 1 amide bonds. The van der Waals surface area contributed by atoms with Crippen LogP contribution in [0.25, 0.3) is 6.08 Å². The van der Waals surface area contributed by atoms with Gasteiger partial charge in [-0.2, -0.15) is 0 Å². The maximum absolute atomic E-state index is 12.9. The lowest BCUT2D eigenvalue weighted by Crippen LogP contribution is -2.34. The molecule has 1 aromatic heterocycles. The van der Waals surface area contributed by atoms with Gasteiger partial charge in [0, 0.05) is 10.5 Å². The fraction of sp³-hybridized carbons (Fsp3) is 0.0476. The molecule has 6 heteroatoms. The summed E-state index contributed by atoms with van der Waals surface area (Å²) in [6.45, 7) is 0. The third-order valence-electron chi connectivity index (χ3n) is 3.89. The number of benzene rings is 2. The van der Waals surface area contributed by atoms with Crippen molar-refractivity contribution in [3.8, 4) is 0 Å². The second-order valence-electron chi connectivity index (χ2n) is 5.74. The van der Waals surface area contributed by atoms with Crippen LogP contribution in [0.4, 0.5) is 5.69 Å². The first kappa shape index (κ1) is 18.4. The molecule has 0 bridgehead atoms. The summed E-state index contributed by atoms with van der Waals surface area (Å²) in [7, 11) is 0. The van der Waals surface area contributed by atoms with Crippen molar-refractivity contribution in [3.05, 3.63) is 94.2 Å². The lowest BCUT2D eigenvalue weighted by molar-refractivity contribution is -0.138. The van der Waals surface area contributed by atoms with Gasteiger partial charge in [-0.3, -0.25) is 20.4 Å². The lowest BCUT2D eigenvalue weighted by Gasteiger charge is -2.17. The van der Waals surface area contributed by atoms with Gasteiger partial charge in [-0.15, -0.1) is 11.3 Å². The van der Waals surface area contributed by atoms with E-state index in [-0.39, 0.29) is 5.57 Å². The summed E-state index contributed by atoms with van der Waals surface area (Å²) in [4.78, 5) is 25.7. The molecule has 0 spiro atoms. The Morgan fingerprint density at radius 2 is 1.59 bits per heavy atom. The van der Waals surface area contributed by atoms with Crippen LogP contribution < -0.4 is 10.9 Å². The minimum absolute atomic E-state index is 0.152. The van der Waals surface area contributed by atoms with Gasteiger partial charge in [-0.1, -0.05) is 54.6 Å². The summed E-state index contributed by atoms with van der Waals surface area (Å²) in [5.41, 5.74) is 6.82. The van der Waals surface area contributed by atoms with E-state index in [2.05, 4.69) is 10.9 Å². The molecule has 0 aliphatic heterocycles. The predicted octanol–water partition coefficient (Wildman–Crippen LogP) is 4.14. The maximum Gasteiger partial charge on any atom is 0.315 e. The molecule has 1 atom stereocenters. The molecule has 1 heterocycles. The first-order chi connectivity index (χ1) is 13.1. The SMILES string of the molecule is O=C(NNc1ccccc1)/C(=C\c1cccs1)C(C(=O)O)c1ccccc1. The summed E-state index contributed by atoms with van der Waals surface area (Å²) in [5.74, 6) is -2.66. The Morgan fingerprint density at radius 3 is 2.19 bits per heavy atom. The summed E-state index contributed by atoms with van der Waals surface area (Å²) >= 11 is 1.44. The van der Waals surface area contributed by atoms with E-state index in [0.29, 0.717) is 11.3 Å². The van der Waals surface area contributed by atoms with Crippen LogP contribution in [0.2, 0.25) is 0 Å². The number of nitrogens with one attached hydrogen (secondary N) is 2. The fourth-order valence-electron chi connectivity index (χ4n) is 2.63. The van der Waals surface area contributed by atoms with Gasteiger partial charge in [0.15, 0.2) is 0 Å². The van der Waals surface area contributed by atoms with Gasteiger partial charge in [-0.25, -0.2) is 0 Å². The van der Waals surface area contributed by atoms with Gasteiger partial charge in [0.05, 0.1) is 5.69 Å².